The fraction of sp³-hybridized carbons (Fsp3) is 0.417. The second-order valence-electron chi connectivity index (χ2n) is 3.69. The molecule has 0 heterocycles. The van der Waals surface area contributed by atoms with Gasteiger partial charge in [0.2, 0.25) is 0 Å². The number of aromatic hydroxyl groups is 1. The minimum atomic E-state index is -0.422. The number of hydrogen-bond donors (Lipinski definition) is 2. The first kappa shape index (κ1) is 11.7. The zero-order valence-corrected chi connectivity index (χ0v) is 8.94. The van der Waals surface area contributed by atoms with E-state index in [0.29, 0.717) is 12.8 Å². The molecule has 3 N–H and O–H groups in total. The van der Waals surface area contributed by atoms with E-state index < -0.39 is 6.04 Å². The fourth-order valence-electron chi connectivity index (χ4n) is 1.43. The predicted octanol–water partition coefficient (Wildman–Crippen LogP) is 1.63. The molecule has 0 saturated heterocycles. The lowest BCUT2D eigenvalue weighted by molar-refractivity contribution is -0.120. The summed E-state index contributed by atoms with van der Waals surface area (Å²) in [6, 6.07) is 6.36. The van der Waals surface area contributed by atoms with Gasteiger partial charge in [0.15, 0.2) is 0 Å². The van der Waals surface area contributed by atoms with Gasteiger partial charge in [0.05, 0.1) is 6.04 Å². The van der Waals surface area contributed by atoms with Gasteiger partial charge in [0.25, 0.3) is 0 Å². The predicted molar refractivity (Wildman–Crippen MR) is 59.7 cm³/mol. The molecule has 1 atom stereocenters. The number of phenolic OH excluding ortho intramolecular Hbond substituents is 1. The number of carbonyl (C=O) groups is 1. The van der Waals surface area contributed by atoms with E-state index in [1.807, 2.05) is 6.92 Å². The van der Waals surface area contributed by atoms with Crippen LogP contribution >= 0.6 is 0 Å². The Bertz CT molecular complexity index is 319. The van der Waals surface area contributed by atoms with Gasteiger partial charge in [-0.1, -0.05) is 19.1 Å². The number of rotatable bonds is 5. The molecule has 15 heavy (non-hydrogen) atoms. The normalized spacial score (nSPS) is 12.4. The van der Waals surface area contributed by atoms with Crippen molar-refractivity contribution < 1.29 is 9.90 Å². The van der Waals surface area contributed by atoms with E-state index in [4.69, 9.17) is 10.8 Å². The molecule has 0 radical (unpaired) electrons. The second-order valence-corrected chi connectivity index (χ2v) is 3.69. The molecule has 0 aliphatic heterocycles. The molecular formula is C12H17NO2. The van der Waals surface area contributed by atoms with Gasteiger partial charge in [-0.3, -0.25) is 4.79 Å². The number of nitrogens with two attached hydrogens (primary N) is 1. The number of phenols is 1. The monoisotopic (exact) mass is 207 g/mol. The van der Waals surface area contributed by atoms with Crippen LogP contribution in [0, 0.1) is 0 Å². The Balaban J connectivity index is 2.54. The molecule has 0 aliphatic carbocycles. The smallest absolute Gasteiger partial charge is 0.149 e. The molecule has 3 heteroatoms. The Morgan fingerprint density at radius 2 is 2.00 bits per heavy atom. The molecule has 1 aromatic rings. The maximum Gasteiger partial charge on any atom is 0.149 e. The van der Waals surface area contributed by atoms with Crippen LogP contribution in [-0.4, -0.2) is 16.9 Å². The van der Waals surface area contributed by atoms with Crippen LogP contribution in [0.1, 0.15) is 25.3 Å². The van der Waals surface area contributed by atoms with Crippen LogP contribution in [0.25, 0.3) is 0 Å². The van der Waals surface area contributed by atoms with Crippen molar-refractivity contribution in [2.75, 3.05) is 0 Å². The molecule has 0 aromatic heterocycles. The topological polar surface area (TPSA) is 63.3 Å². The Hall–Kier alpha value is -1.35. The summed E-state index contributed by atoms with van der Waals surface area (Å²) in [7, 11) is 0. The van der Waals surface area contributed by atoms with Crippen LogP contribution in [0.5, 0.6) is 5.75 Å². The van der Waals surface area contributed by atoms with Gasteiger partial charge in [-0.2, -0.15) is 0 Å². The minimum Gasteiger partial charge on any atom is -0.508 e. The quantitative estimate of drug-likeness (QED) is 0.771. The van der Waals surface area contributed by atoms with Crippen LogP contribution < -0.4 is 5.73 Å². The summed E-state index contributed by atoms with van der Waals surface area (Å²) in [5.41, 5.74) is 6.74. The van der Waals surface area contributed by atoms with Crippen molar-refractivity contribution in [2.24, 2.45) is 5.73 Å². The molecule has 3 nitrogen and oxygen atoms in total. The van der Waals surface area contributed by atoms with Crippen molar-refractivity contribution in [2.45, 2.75) is 32.2 Å². The lowest BCUT2D eigenvalue weighted by Crippen LogP contribution is -2.32. The van der Waals surface area contributed by atoms with Gasteiger partial charge >= 0.3 is 0 Å². The second kappa shape index (κ2) is 5.51. The van der Waals surface area contributed by atoms with Crippen molar-refractivity contribution in [3.8, 4) is 5.75 Å². The lowest BCUT2D eigenvalue weighted by Gasteiger charge is -2.09. The molecule has 0 fully saturated rings. The number of ketones is 1. The molecule has 1 rings (SSSR count). The first-order valence-electron chi connectivity index (χ1n) is 5.19. The zero-order valence-electron chi connectivity index (χ0n) is 8.94. The average Bonchev–Trinajstić information content (AvgIpc) is 2.22. The summed E-state index contributed by atoms with van der Waals surface area (Å²) in [6.07, 6.45) is 1.92. The molecule has 0 bridgehead atoms. The van der Waals surface area contributed by atoms with E-state index in [0.717, 1.165) is 12.0 Å². The number of hydrogen-bond acceptors (Lipinski definition) is 3. The summed E-state index contributed by atoms with van der Waals surface area (Å²) in [6.45, 7) is 1.96. The van der Waals surface area contributed by atoms with Crippen LogP contribution in [0.4, 0.5) is 0 Å². The SMILES string of the molecule is CCCC(=O)C(N)Cc1ccc(O)cc1. The highest BCUT2D eigenvalue weighted by Gasteiger charge is 2.12. The number of benzene rings is 1. The minimum absolute atomic E-state index is 0.102. The van der Waals surface area contributed by atoms with Crippen molar-refractivity contribution in [3.63, 3.8) is 0 Å². The van der Waals surface area contributed by atoms with E-state index in [2.05, 4.69) is 0 Å². The fourth-order valence-corrected chi connectivity index (χ4v) is 1.43. The Kier molecular flexibility index (Phi) is 4.31. The van der Waals surface area contributed by atoms with Crippen LogP contribution in [0.15, 0.2) is 24.3 Å². The third kappa shape index (κ3) is 3.72. The summed E-state index contributed by atoms with van der Waals surface area (Å²) in [5, 5.41) is 9.09. The number of Topliss-reactive ketones (excluding diaryl/α,β-unsaturated/α-hetero) is 1. The van der Waals surface area contributed by atoms with Gasteiger partial charge in [-0.15, -0.1) is 0 Å². The van der Waals surface area contributed by atoms with Gasteiger partial charge in [-0.25, -0.2) is 0 Å². The van der Waals surface area contributed by atoms with Crippen molar-refractivity contribution in [1.82, 2.24) is 0 Å². The molecule has 1 aromatic carbocycles. The Morgan fingerprint density at radius 3 is 2.53 bits per heavy atom. The van der Waals surface area contributed by atoms with E-state index in [-0.39, 0.29) is 11.5 Å². The zero-order chi connectivity index (χ0) is 11.3. The average molecular weight is 207 g/mol. The largest absolute Gasteiger partial charge is 0.508 e. The van der Waals surface area contributed by atoms with Crippen molar-refractivity contribution in [1.29, 1.82) is 0 Å². The molecule has 1 unspecified atom stereocenters. The highest BCUT2D eigenvalue weighted by atomic mass is 16.3. The Labute approximate surface area is 89.9 Å². The van der Waals surface area contributed by atoms with Gasteiger partial charge in [0, 0.05) is 6.42 Å². The van der Waals surface area contributed by atoms with E-state index in [9.17, 15) is 4.79 Å². The molecule has 0 aliphatic rings. The van der Waals surface area contributed by atoms with Gasteiger partial charge in [0.1, 0.15) is 11.5 Å². The highest BCUT2D eigenvalue weighted by Crippen LogP contribution is 2.11. The number of carbonyl (C=O) groups excluding carboxylic acids is 1. The summed E-state index contributed by atoms with van der Waals surface area (Å²) in [5.74, 6) is 0.331. The maximum absolute atomic E-state index is 11.4. The highest BCUT2D eigenvalue weighted by molar-refractivity contribution is 5.83. The lowest BCUT2D eigenvalue weighted by atomic mass is 10.0. The van der Waals surface area contributed by atoms with E-state index in [1.54, 1.807) is 24.3 Å². The maximum atomic E-state index is 11.4. The van der Waals surface area contributed by atoms with Gasteiger partial charge in [-0.05, 0) is 30.5 Å². The van der Waals surface area contributed by atoms with Crippen molar-refractivity contribution >= 4 is 5.78 Å². The summed E-state index contributed by atoms with van der Waals surface area (Å²) in [4.78, 5) is 11.4. The molecule has 0 amide bonds. The van der Waals surface area contributed by atoms with Crippen molar-refractivity contribution in [3.05, 3.63) is 29.8 Å². The standard InChI is InChI=1S/C12H17NO2/c1-2-3-12(15)11(13)8-9-4-6-10(14)7-5-9/h4-7,11,14H,2-3,8,13H2,1H3. The molecular weight excluding hydrogens is 190 g/mol. The first-order chi connectivity index (χ1) is 7.13. The third-order valence-corrected chi connectivity index (χ3v) is 2.30. The van der Waals surface area contributed by atoms with E-state index in [1.165, 1.54) is 0 Å². The molecule has 82 valence electrons. The molecule has 0 saturated carbocycles. The first-order valence-corrected chi connectivity index (χ1v) is 5.19. The summed E-state index contributed by atoms with van der Waals surface area (Å²) < 4.78 is 0. The summed E-state index contributed by atoms with van der Waals surface area (Å²) >= 11 is 0. The molecule has 0 spiro atoms. The van der Waals surface area contributed by atoms with Crippen LogP contribution in [0.3, 0.4) is 0 Å². The van der Waals surface area contributed by atoms with Crippen LogP contribution in [0.2, 0.25) is 0 Å². The van der Waals surface area contributed by atoms with E-state index >= 15 is 0 Å². The van der Waals surface area contributed by atoms with Gasteiger partial charge < -0.3 is 10.8 Å². The van der Waals surface area contributed by atoms with Crippen LogP contribution in [-0.2, 0) is 11.2 Å². The Morgan fingerprint density at radius 1 is 1.40 bits per heavy atom. The third-order valence-electron chi connectivity index (χ3n) is 2.30.